The number of fused-ring (bicyclic) bond motifs is 8. The number of rotatable bonds is 3. The summed E-state index contributed by atoms with van der Waals surface area (Å²) in [6, 6.07) is 40.3. The van der Waals surface area contributed by atoms with Crippen molar-refractivity contribution in [2.24, 2.45) is 0 Å². The second-order valence-corrected chi connectivity index (χ2v) is 11.1. The lowest BCUT2D eigenvalue weighted by Gasteiger charge is -2.18. The molecule has 0 atom stereocenters. The van der Waals surface area contributed by atoms with E-state index in [9.17, 15) is 0 Å². The van der Waals surface area contributed by atoms with Crippen LogP contribution >= 0.6 is 0 Å². The average molecular weight is 552 g/mol. The maximum Gasteiger partial charge on any atom is 0.165 e. The van der Waals surface area contributed by atoms with Gasteiger partial charge in [0.05, 0.1) is 22.8 Å². The third kappa shape index (κ3) is 3.86. The average Bonchev–Trinajstić information content (AvgIpc) is 3.47. The van der Waals surface area contributed by atoms with E-state index in [2.05, 4.69) is 100 Å². The van der Waals surface area contributed by atoms with Crippen LogP contribution in [0.15, 0.2) is 128 Å². The van der Waals surface area contributed by atoms with Gasteiger partial charge in [-0.15, -0.1) is 0 Å². The molecule has 0 amide bonds. The number of benzene rings is 3. The topological polar surface area (TPSA) is 56.0 Å². The molecule has 9 rings (SSSR count). The molecular weight excluding hydrogens is 526 g/mol. The Labute approximate surface area is 248 Å². The van der Waals surface area contributed by atoms with Crippen LogP contribution in [-0.4, -0.2) is 24.3 Å². The Morgan fingerprint density at radius 2 is 1.30 bits per heavy atom. The predicted octanol–water partition coefficient (Wildman–Crippen LogP) is 8.59. The first-order valence-corrected chi connectivity index (χ1v) is 14.6. The van der Waals surface area contributed by atoms with Crippen molar-refractivity contribution in [1.29, 1.82) is 0 Å². The molecular formula is C38H25N5. The fourth-order valence-electron chi connectivity index (χ4n) is 6.41. The van der Waals surface area contributed by atoms with Gasteiger partial charge in [-0.3, -0.25) is 9.38 Å². The molecule has 0 aliphatic heterocycles. The molecule has 43 heavy (non-hydrogen) atoms. The van der Waals surface area contributed by atoms with Crippen LogP contribution in [0.25, 0.3) is 72.6 Å². The maximum absolute atomic E-state index is 5.19. The monoisotopic (exact) mass is 551 g/mol. The fraction of sp³-hybridized carbons (Fsp3) is 0.0526. The summed E-state index contributed by atoms with van der Waals surface area (Å²) in [5, 5.41) is 2.21. The Morgan fingerprint density at radius 3 is 2.21 bits per heavy atom. The zero-order valence-electron chi connectivity index (χ0n) is 23.3. The van der Waals surface area contributed by atoms with Gasteiger partial charge in [-0.1, -0.05) is 84.9 Å². The first kappa shape index (κ1) is 24.0. The highest BCUT2D eigenvalue weighted by Crippen LogP contribution is 2.36. The van der Waals surface area contributed by atoms with Crippen LogP contribution in [0.1, 0.15) is 11.1 Å². The summed E-state index contributed by atoms with van der Waals surface area (Å²) in [7, 11) is 0. The number of imidazole rings is 1. The second-order valence-electron chi connectivity index (χ2n) is 11.1. The number of hydrogen-bond donors (Lipinski definition) is 0. The maximum atomic E-state index is 5.19. The molecule has 0 N–H and O–H groups in total. The molecule has 8 aromatic rings. The van der Waals surface area contributed by atoms with Crippen molar-refractivity contribution in [3.8, 4) is 45.0 Å². The highest BCUT2D eigenvalue weighted by Gasteiger charge is 2.19. The molecule has 0 saturated heterocycles. The fourth-order valence-corrected chi connectivity index (χ4v) is 6.41. The summed E-state index contributed by atoms with van der Waals surface area (Å²) in [6.45, 7) is 0. The normalized spacial score (nSPS) is 12.5. The minimum atomic E-state index is 0.870. The summed E-state index contributed by atoms with van der Waals surface area (Å²) in [4.78, 5) is 19.8. The summed E-state index contributed by atoms with van der Waals surface area (Å²) in [5.41, 5.74) is 13.7. The van der Waals surface area contributed by atoms with Gasteiger partial charge in [-0.2, -0.15) is 0 Å². The van der Waals surface area contributed by atoms with E-state index in [1.807, 2.05) is 36.7 Å². The number of hydrogen-bond acceptors (Lipinski definition) is 4. The highest BCUT2D eigenvalue weighted by atomic mass is 15.1. The lowest BCUT2D eigenvalue weighted by Crippen LogP contribution is -2.07. The van der Waals surface area contributed by atoms with Gasteiger partial charge in [0.2, 0.25) is 0 Å². The van der Waals surface area contributed by atoms with E-state index < -0.39 is 0 Å². The summed E-state index contributed by atoms with van der Waals surface area (Å²) >= 11 is 0. The van der Waals surface area contributed by atoms with E-state index in [1.54, 1.807) is 0 Å². The van der Waals surface area contributed by atoms with Crippen LogP contribution in [0.4, 0.5) is 0 Å². The van der Waals surface area contributed by atoms with Crippen molar-refractivity contribution in [3.63, 3.8) is 0 Å². The summed E-state index contributed by atoms with van der Waals surface area (Å²) in [6.07, 6.45) is 5.91. The molecule has 0 saturated carbocycles. The van der Waals surface area contributed by atoms with E-state index in [0.29, 0.717) is 0 Å². The van der Waals surface area contributed by atoms with Crippen LogP contribution in [0, 0.1) is 0 Å². The van der Waals surface area contributed by atoms with E-state index >= 15 is 0 Å². The standard InChI is InChI=1S/C38H25N5/c1-2-11-31-30(10-1)34(42-38-37(31)41-33-12-3-4-22-43(33)38)29-8-5-7-28(23-29)24-13-15-25(16-14-24)32-20-19-27-18-17-26-9-6-21-39-35(26)36(27)40-32/h1-16,19-23H,17-18H2. The third-order valence-corrected chi connectivity index (χ3v) is 8.57. The van der Waals surface area contributed by atoms with Gasteiger partial charge in [-0.25, -0.2) is 15.0 Å². The molecule has 5 heteroatoms. The molecule has 0 unspecified atom stereocenters. The van der Waals surface area contributed by atoms with Crippen molar-refractivity contribution in [2.45, 2.75) is 12.8 Å². The largest absolute Gasteiger partial charge is 0.284 e. The van der Waals surface area contributed by atoms with Gasteiger partial charge in [0.1, 0.15) is 11.2 Å². The molecule has 1 aliphatic rings. The van der Waals surface area contributed by atoms with E-state index in [1.165, 1.54) is 11.1 Å². The summed E-state index contributed by atoms with van der Waals surface area (Å²) in [5.74, 6) is 0. The molecule has 202 valence electrons. The first-order chi connectivity index (χ1) is 21.3. The highest BCUT2D eigenvalue weighted by molar-refractivity contribution is 6.09. The van der Waals surface area contributed by atoms with Gasteiger partial charge < -0.3 is 0 Å². The van der Waals surface area contributed by atoms with Crippen molar-refractivity contribution in [3.05, 3.63) is 139 Å². The van der Waals surface area contributed by atoms with Gasteiger partial charge in [0.25, 0.3) is 0 Å². The molecule has 5 nitrogen and oxygen atoms in total. The van der Waals surface area contributed by atoms with Crippen LogP contribution in [-0.2, 0) is 12.8 Å². The van der Waals surface area contributed by atoms with Crippen molar-refractivity contribution >= 4 is 27.6 Å². The SMILES string of the molecule is c1cc(-c2ccc(-c3ccc4c(n3)-c3ncccc3CC4)cc2)cc(-c2nc3c(nc4ccccn43)c3ccccc23)c1. The van der Waals surface area contributed by atoms with E-state index in [4.69, 9.17) is 15.0 Å². The Morgan fingerprint density at radius 1 is 0.512 bits per heavy atom. The lowest BCUT2D eigenvalue weighted by atomic mass is 9.92. The van der Waals surface area contributed by atoms with Crippen LogP contribution in [0.5, 0.6) is 0 Å². The van der Waals surface area contributed by atoms with Gasteiger partial charge in [0.15, 0.2) is 5.65 Å². The van der Waals surface area contributed by atoms with Crippen LogP contribution in [0.2, 0.25) is 0 Å². The third-order valence-electron chi connectivity index (χ3n) is 8.57. The molecule has 1 aliphatic carbocycles. The molecule has 0 radical (unpaired) electrons. The quantitative estimate of drug-likeness (QED) is 0.221. The Bertz CT molecular complexity index is 2350. The van der Waals surface area contributed by atoms with Crippen LogP contribution < -0.4 is 0 Å². The molecule has 5 heterocycles. The van der Waals surface area contributed by atoms with Crippen molar-refractivity contribution < 1.29 is 0 Å². The number of aromatic nitrogens is 5. The summed E-state index contributed by atoms with van der Waals surface area (Å²) < 4.78 is 2.07. The van der Waals surface area contributed by atoms with E-state index in [-0.39, 0.29) is 0 Å². The molecule has 5 aromatic heterocycles. The van der Waals surface area contributed by atoms with Gasteiger partial charge in [0, 0.05) is 34.3 Å². The lowest BCUT2D eigenvalue weighted by molar-refractivity contribution is 0.913. The number of nitrogens with zero attached hydrogens (tertiary/aromatic N) is 5. The van der Waals surface area contributed by atoms with Crippen LogP contribution in [0.3, 0.4) is 0 Å². The zero-order chi connectivity index (χ0) is 28.3. The molecule has 0 fully saturated rings. The zero-order valence-corrected chi connectivity index (χ0v) is 23.3. The first-order valence-electron chi connectivity index (χ1n) is 14.6. The number of pyridine rings is 4. The predicted molar refractivity (Wildman–Crippen MR) is 173 cm³/mol. The Kier molecular flexibility index (Phi) is 5.26. The minimum Gasteiger partial charge on any atom is -0.284 e. The van der Waals surface area contributed by atoms with Gasteiger partial charge in [-0.05, 0) is 65.4 Å². The Hall–Kier alpha value is -5.68. The van der Waals surface area contributed by atoms with E-state index in [0.717, 1.165) is 85.5 Å². The van der Waals surface area contributed by atoms with Crippen molar-refractivity contribution in [2.75, 3.05) is 0 Å². The van der Waals surface area contributed by atoms with Gasteiger partial charge >= 0.3 is 0 Å². The molecule has 3 aromatic carbocycles. The molecule has 0 spiro atoms. The molecule has 0 bridgehead atoms. The number of aryl methyl sites for hydroxylation is 2. The Balaban J connectivity index is 1.11. The smallest absolute Gasteiger partial charge is 0.165 e. The second kappa shape index (κ2) is 9.43. The van der Waals surface area contributed by atoms with Crippen molar-refractivity contribution in [1.82, 2.24) is 24.3 Å². The minimum absolute atomic E-state index is 0.870.